The van der Waals surface area contributed by atoms with Crippen LogP contribution in [0.25, 0.3) is 0 Å². The lowest BCUT2D eigenvalue weighted by Crippen LogP contribution is -2.33. The van der Waals surface area contributed by atoms with E-state index in [1.54, 1.807) is 18.2 Å². The van der Waals surface area contributed by atoms with E-state index >= 15 is 0 Å². The first-order valence-electron chi connectivity index (χ1n) is 6.72. The van der Waals surface area contributed by atoms with Crippen molar-refractivity contribution in [3.05, 3.63) is 29.3 Å². The zero-order chi connectivity index (χ0) is 17.0. The smallest absolute Gasteiger partial charge is 0.411 e. The van der Waals surface area contributed by atoms with Crippen molar-refractivity contribution >= 4 is 17.7 Å². The number of rotatable bonds is 6. The van der Waals surface area contributed by atoms with Crippen LogP contribution in [0, 0.1) is 0 Å². The number of carboxylic acids is 1. The van der Waals surface area contributed by atoms with Crippen molar-refractivity contribution in [3.8, 4) is 5.75 Å². The van der Waals surface area contributed by atoms with Crippen molar-refractivity contribution in [3.63, 3.8) is 0 Å². The van der Waals surface area contributed by atoms with E-state index in [-0.39, 0.29) is 12.0 Å². The minimum Gasteiger partial charge on any atom is -0.496 e. The monoisotopic (exact) mass is 351 g/mol. The maximum Gasteiger partial charge on any atom is 0.411 e. The molecule has 1 heterocycles. The molecular formula is C14H16F3NO4S. The first-order valence-corrected chi connectivity index (χ1v) is 7.77. The van der Waals surface area contributed by atoms with E-state index in [1.807, 2.05) is 0 Å². The summed E-state index contributed by atoms with van der Waals surface area (Å²) in [5.74, 6) is -0.0812. The van der Waals surface area contributed by atoms with Gasteiger partial charge in [-0.2, -0.15) is 13.2 Å². The summed E-state index contributed by atoms with van der Waals surface area (Å²) in [6.07, 6.45) is -4.39. The Morgan fingerprint density at radius 1 is 1.48 bits per heavy atom. The highest BCUT2D eigenvalue weighted by Crippen LogP contribution is 2.35. The van der Waals surface area contributed by atoms with E-state index in [2.05, 4.69) is 10.1 Å². The molecule has 0 aromatic heterocycles. The minimum atomic E-state index is -4.39. The largest absolute Gasteiger partial charge is 0.496 e. The first-order chi connectivity index (χ1) is 10.8. The van der Waals surface area contributed by atoms with Crippen molar-refractivity contribution < 1.29 is 32.5 Å². The van der Waals surface area contributed by atoms with Crippen LogP contribution in [0.3, 0.4) is 0 Å². The molecule has 2 atom stereocenters. The molecule has 5 nitrogen and oxygen atoms in total. The van der Waals surface area contributed by atoms with E-state index in [0.29, 0.717) is 17.1 Å². The maximum atomic E-state index is 12.2. The number of thioether (sulfide) groups is 1. The van der Waals surface area contributed by atoms with Crippen LogP contribution in [0.4, 0.5) is 13.2 Å². The zero-order valence-corrected chi connectivity index (χ0v) is 13.0. The predicted molar refractivity (Wildman–Crippen MR) is 78.5 cm³/mol. The van der Waals surface area contributed by atoms with Gasteiger partial charge in [-0.3, -0.25) is 10.1 Å². The van der Waals surface area contributed by atoms with E-state index in [9.17, 15) is 18.0 Å². The Balaban J connectivity index is 2.08. The van der Waals surface area contributed by atoms with Gasteiger partial charge in [-0.05, 0) is 17.7 Å². The van der Waals surface area contributed by atoms with E-state index in [1.165, 1.54) is 18.9 Å². The van der Waals surface area contributed by atoms with Crippen LogP contribution in [0.5, 0.6) is 5.75 Å². The summed E-state index contributed by atoms with van der Waals surface area (Å²) in [5.41, 5.74) is 1.25. The molecule has 0 radical (unpaired) electrons. The van der Waals surface area contributed by atoms with Crippen molar-refractivity contribution in [1.82, 2.24) is 5.32 Å². The SMILES string of the molecule is COc1ccc([C@@H]2N[C@@H](C(=O)O)CS2)cc1COCC(F)(F)F. The summed E-state index contributed by atoms with van der Waals surface area (Å²) in [6, 6.07) is 4.42. The molecule has 128 valence electrons. The molecule has 1 fully saturated rings. The van der Waals surface area contributed by atoms with Crippen LogP contribution in [-0.4, -0.2) is 42.8 Å². The van der Waals surface area contributed by atoms with E-state index < -0.39 is 24.8 Å². The molecule has 0 unspecified atom stereocenters. The third-order valence-electron chi connectivity index (χ3n) is 3.21. The van der Waals surface area contributed by atoms with Crippen LogP contribution < -0.4 is 10.1 Å². The van der Waals surface area contributed by atoms with Crippen molar-refractivity contribution in [2.24, 2.45) is 0 Å². The van der Waals surface area contributed by atoms with E-state index in [4.69, 9.17) is 9.84 Å². The normalized spacial score (nSPS) is 21.4. The molecule has 9 heteroatoms. The third kappa shape index (κ3) is 5.02. The zero-order valence-electron chi connectivity index (χ0n) is 12.2. The standard InChI is InChI=1S/C14H16F3NO4S/c1-21-11-3-2-8(12-18-10(6-23-12)13(19)20)4-9(11)5-22-7-14(15,16)17/h2-4,10,12,18H,5-7H2,1H3,(H,19,20)/t10-,12-/m1/s1. The molecule has 0 amide bonds. The van der Waals surface area contributed by atoms with Crippen molar-refractivity contribution in [1.29, 1.82) is 0 Å². The molecule has 0 saturated carbocycles. The molecule has 2 rings (SSSR count). The molecule has 1 aliphatic rings. The maximum absolute atomic E-state index is 12.2. The average molecular weight is 351 g/mol. The Morgan fingerprint density at radius 3 is 2.78 bits per heavy atom. The van der Waals surface area contributed by atoms with Gasteiger partial charge in [0.05, 0.1) is 19.1 Å². The van der Waals surface area contributed by atoms with Gasteiger partial charge in [-0.15, -0.1) is 11.8 Å². The molecule has 2 N–H and O–H groups in total. The van der Waals surface area contributed by atoms with Gasteiger partial charge in [0.25, 0.3) is 0 Å². The van der Waals surface area contributed by atoms with Gasteiger partial charge in [-0.25, -0.2) is 0 Å². The number of methoxy groups -OCH3 is 1. The van der Waals surface area contributed by atoms with Crippen molar-refractivity contribution in [2.75, 3.05) is 19.5 Å². The number of ether oxygens (including phenoxy) is 2. The van der Waals surface area contributed by atoms with Crippen LogP contribution >= 0.6 is 11.8 Å². The van der Waals surface area contributed by atoms with E-state index in [0.717, 1.165) is 5.56 Å². The predicted octanol–water partition coefficient (Wildman–Crippen LogP) is 2.56. The number of hydrogen-bond donors (Lipinski definition) is 2. The van der Waals surface area contributed by atoms with Gasteiger partial charge in [0.1, 0.15) is 18.4 Å². The second-order valence-electron chi connectivity index (χ2n) is 4.95. The van der Waals surface area contributed by atoms with Gasteiger partial charge in [0.2, 0.25) is 0 Å². The Kier molecular flexibility index (Phi) is 5.77. The lowest BCUT2D eigenvalue weighted by atomic mass is 10.1. The molecule has 0 aliphatic carbocycles. The molecule has 0 spiro atoms. The van der Waals surface area contributed by atoms with Crippen LogP contribution in [0.15, 0.2) is 18.2 Å². The van der Waals surface area contributed by atoms with Crippen LogP contribution in [-0.2, 0) is 16.1 Å². The number of benzene rings is 1. The van der Waals surface area contributed by atoms with Gasteiger partial charge in [0.15, 0.2) is 0 Å². The highest BCUT2D eigenvalue weighted by Gasteiger charge is 2.31. The van der Waals surface area contributed by atoms with Gasteiger partial charge < -0.3 is 14.6 Å². The fourth-order valence-corrected chi connectivity index (χ4v) is 3.38. The number of nitrogens with one attached hydrogen (secondary N) is 1. The van der Waals surface area contributed by atoms with Gasteiger partial charge >= 0.3 is 12.1 Å². The number of carboxylic acid groups (broad SMARTS) is 1. The minimum absolute atomic E-state index is 0.233. The summed E-state index contributed by atoms with van der Waals surface area (Å²) in [6.45, 7) is -1.58. The topological polar surface area (TPSA) is 67.8 Å². The molecule has 1 aromatic carbocycles. The Bertz CT molecular complexity index is 567. The lowest BCUT2D eigenvalue weighted by molar-refractivity contribution is -0.176. The Morgan fingerprint density at radius 2 is 2.22 bits per heavy atom. The highest BCUT2D eigenvalue weighted by atomic mass is 32.2. The van der Waals surface area contributed by atoms with Crippen LogP contribution in [0.1, 0.15) is 16.5 Å². The summed E-state index contributed by atoms with van der Waals surface area (Å²) in [7, 11) is 1.42. The number of alkyl halides is 3. The quantitative estimate of drug-likeness (QED) is 0.821. The summed E-state index contributed by atoms with van der Waals surface area (Å²) >= 11 is 1.43. The second-order valence-corrected chi connectivity index (χ2v) is 6.09. The molecule has 1 saturated heterocycles. The number of carbonyl (C=O) groups is 1. The van der Waals surface area contributed by atoms with Crippen LogP contribution in [0.2, 0.25) is 0 Å². The number of halogens is 3. The number of hydrogen-bond acceptors (Lipinski definition) is 5. The average Bonchev–Trinajstić information content (AvgIpc) is 2.96. The highest BCUT2D eigenvalue weighted by molar-refractivity contribution is 7.99. The fourth-order valence-electron chi connectivity index (χ4n) is 2.16. The third-order valence-corrected chi connectivity index (χ3v) is 4.48. The molecule has 23 heavy (non-hydrogen) atoms. The summed E-state index contributed by atoms with van der Waals surface area (Å²) in [5, 5.41) is 11.7. The molecule has 0 bridgehead atoms. The second kappa shape index (κ2) is 7.41. The fraction of sp³-hybridized carbons (Fsp3) is 0.500. The van der Waals surface area contributed by atoms with Crippen molar-refractivity contribution in [2.45, 2.75) is 24.2 Å². The Labute approximate surface area is 135 Å². The molecular weight excluding hydrogens is 335 g/mol. The molecule has 1 aromatic rings. The number of aliphatic carboxylic acids is 1. The summed E-state index contributed by atoms with van der Waals surface area (Å²) in [4.78, 5) is 11.0. The van der Waals surface area contributed by atoms with Gasteiger partial charge in [-0.1, -0.05) is 6.07 Å². The summed E-state index contributed by atoms with van der Waals surface area (Å²) < 4.78 is 46.3. The first kappa shape index (κ1) is 17.9. The Hall–Kier alpha value is -1.45. The van der Waals surface area contributed by atoms with Gasteiger partial charge in [0, 0.05) is 11.3 Å². The molecule has 1 aliphatic heterocycles. The lowest BCUT2D eigenvalue weighted by Gasteiger charge is -2.16.